The number of hydroxylamine groups is 2. The van der Waals surface area contributed by atoms with Crippen molar-refractivity contribution in [3.63, 3.8) is 0 Å². The summed E-state index contributed by atoms with van der Waals surface area (Å²) >= 11 is 0. The van der Waals surface area contributed by atoms with Crippen LogP contribution in [0.25, 0.3) is 0 Å². The first-order chi connectivity index (χ1) is 6.13. The average Bonchev–Trinajstić information content (AvgIpc) is 1.99. The summed E-state index contributed by atoms with van der Waals surface area (Å²) in [5, 5.41) is 23.0. The molecular formula is C11H18NO2. The van der Waals surface area contributed by atoms with Gasteiger partial charge in [0.25, 0.3) is 0 Å². The zero-order chi connectivity index (χ0) is 11.2. The van der Waals surface area contributed by atoms with Crippen molar-refractivity contribution in [2.45, 2.75) is 57.2 Å². The SMILES string of the molecule is C#CC1(O)CC(C)(C)N([O])C(C)(C)C1. The van der Waals surface area contributed by atoms with E-state index in [-0.39, 0.29) is 0 Å². The van der Waals surface area contributed by atoms with Gasteiger partial charge in [-0.05, 0) is 27.7 Å². The molecule has 1 aliphatic heterocycles. The zero-order valence-electron chi connectivity index (χ0n) is 9.29. The molecule has 1 heterocycles. The molecule has 1 fully saturated rings. The molecular weight excluding hydrogens is 178 g/mol. The van der Waals surface area contributed by atoms with E-state index in [4.69, 9.17) is 6.42 Å². The second-order valence-corrected chi connectivity index (χ2v) is 5.45. The quantitative estimate of drug-likeness (QED) is 0.594. The van der Waals surface area contributed by atoms with Gasteiger partial charge >= 0.3 is 0 Å². The molecule has 1 N–H and O–H groups in total. The first-order valence-electron chi connectivity index (χ1n) is 4.81. The molecule has 0 spiro atoms. The van der Waals surface area contributed by atoms with E-state index in [1.54, 1.807) is 0 Å². The first kappa shape index (κ1) is 11.5. The van der Waals surface area contributed by atoms with Crippen LogP contribution in [0.15, 0.2) is 0 Å². The van der Waals surface area contributed by atoms with Gasteiger partial charge in [0.15, 0.2) is 0 Å². The number of rotatable bonds is 0. The lowest BCUT2D eigenvalue weighted by molar-refractivity contribution is -0.305. The molecule has 3 heteroatoms. The number of terminal acetylenes is 1. The Morgan fingerprint density at radius 3 is 1.86 bits per heavy atom. The van der Waals surface area contributed by atoms with Gasteiger partial charge in [0.05, 0.1) is 0 Å². The fourth-order valence-corrected chi connectivity index (χ4v) is 2.56. The van der Waals surface area contributed by atoms with Gasteiger partial charge in [-0.3, -0.25) is 0 Å². The summed E-state index contributed by atoms with van der Waals surface area (Å²) in [5.41, 5.74) is -2.36. The maximum Gasteiger partial charge on any atom is 0.128 e. The number of hydrogen-bond acceptors (Lipinski definition) is 2. The fourth-order valence-electron chi connectivity index (χ4n) is 2.56. The predicted octanol–water partition coefficient (Wildman–Crippen LogP) is 1.35. The van der Waals surface area contributed by atoms with Gasteiger partial charge in [0.1, 0.15) is 5.60 Å². The van der Waals surface area contributed by atoms with Crippen LogP contribution in [0.5, 0.6) is 0 Å². The number of piperidine rings is 1. The first-order valence-corrected chi connectivity index (χ1v) is 4.81. The van der Waals surface area contributed by atoms with Gasteiger partial charge in [0.2, 0.25) is 0 Å². The van der Waals surface area contributed by atoms with Crippen molar-refractivity contribution in [1.29, 1.82) is 0 Å². The second kappa shape index (κ2) is 2.96. The third-order valence-electron chi connectivity index (χ3n) is 2.82. The standard InChI is InChI=1S/C11H18NO2/c1-6-11(13)7-9(2,3)12(14)10(4,5)8-11/h1,13H,7-8H2,2-5H3. The molecule has 0 unspecified atom stereocenters. The highest BCUT2D eigenvalue weighted by Gasteiger charge is 2.51. The van der Waals surface area contributed by atoms with E-state index in [2.05, 4.69) is 5.92 Å². The van der Waals surface area contributed by atoms with Crippen LogP contribution in [0.4, 0.5) is 0 Å². The Hall–Kier alpha value is -0.560. The van der Waals surface area contributed by atoms with Gasteiger partial charge in [-0.15, -0.1) is 16.7 Å². The van der Waals surface area contributed by atoms with E-state index in [1.165, 1.54) is 0 Å². The molecule has 3 nitrogen and oxygen atoms in total. The van der Waals surface area contributed by atoms with Crippen molar-refractivity contribution >= 4 is 0 Å². The van der Waals surface area contributed by atoms with E-state index in [1.807, 2.05) is 27.7 Å². The lowest BCUT2D eigenvalue weighted by Crippen LogP contribution is -2.63. The van der Waals surface area contributed by atoms with Crippen LogP contribution in [0.1, 0.15) is 40.5 Å². The lowest BCUT2D eigenvalue weighted by Gasteiger charge is -2.51. The summed E-state index contributed by atoms with van der Waals surface area (Å²) in [7, 11) is 0. The van der Waals surface area contributed by atoms with Crippen molar-refractivity contribution in [3.05, 3.63) is 0 Å². The highest BCUT2D eigenvalue weighted by atomic mass is 16.5. The maximum atomic E-state index is 11.9. The Morgan fingerprint density at radius 1 is 1.21 bits per heavy atom. The monoisotopic (exact) mass is 196 g/mol. The lowest BCUT2D eigenvalue weighted by atomic mass is 9.73. The number of aliphatic hydroxyl groups is 1. The number of hydrogen-bond donors (Lipinski definition) is 1. The van der Waals surface area contributed by atoms with E-state index in [9.17, 15) is 10.3 Å². The molecule has 1 aliphatic rings. The van der Waals surface area contributed by atoms with Crippen LogP contribution >= 0.6 is 0 Å². The van der Waals surface area contributed by atoms with E-state index in [0.29, 0.717) is 12.8 Å². The predicted molar refractivity (Wildman–Crippen MR) is 53.7 cm³/mol. The average molecular weight is 196 g/mol. The topological polar surface area (TPSA) is 43.4 Å². The Bertz CT molecular complexity index is 258. The molecule has 79 valence electrons. The van der Waals surface area contributed by atoms with Crippen LogP contribution < -0.4 is 0 Å². The van der Waals surface area contributed by atoms with Crippen molar-refractivity contribution in [3.8, 4) is 12.3 Å². The molecule has 0 aliphatic carbocycles. The molecule has 1 radical (unpaired) electrons. The molecule has 0 bridgehead atoms. The molecule has 0 aromatic heterocycles. The Kier molecular flexibility index (Phi) is 2.44. The number of nitrogens with zero attached hydrogens (tertiary/aromatic N) is 1. The van der Waals surface area contributed by atoms with Crippen LogP contribution in [0.3, 0.4) is 0 Å². The van der Waals surface area contributed by atoms with Gasteiger partial charge in [-0.1, -0.05) is 5.92 Å². The molecule has 0 aromatic rings. The fraction of sp³-hybridized carbons (Fsp3) is 0.818. The summed E-state index contributed by atoms with van der Waals surface area (Å²) in [6, 6.07) is 0. The van der Waals surface area contributed by atoms with Crippen LogP contribution in [-0.4, -0.2) is 26.8 Å². The zero-order valence-corrected chi connectivity index (χ0v) is 9.29. The minimum atomic E-state index is -1.14. The van der Waals surface area contributed by atoms with Crippen molar-refractivity contribution in [2.75, 3.05) is 0 Å². The van der Waals surface area contributed by atoms with Crippen molar-refractivity contribution in [1.82, 2.24) is 5.06 Å². The molecule has 1 saturated heterocycles. The highest BCUT2D eigenvalue weighted by molar-refractivity contribution is 5.16. The second-order valence-electron chi connectivity index (χ2n) is 5.45. The maximum absolute atomic E-state index is 11.9. The third kappa shape index (κ3) is 1.78. The molecule has 0 atom stereocenters. The Labute approximate surface area is 85.7 Å². The van der Waals surface area contributed by atoms with Gasteiger partial charge < -0.3 is 5.11 Å². The van der Waals surface area contributed by atoms with E-state index < -0.39 is 16.7 Å². The summed E-state index contributed by atoms with van der Waals surface area (Å²) < 4.78 is 0. The van der Waals surface area contributed by atoms with E-state index in [0.717, 1.165) is 5.06 Å². The summed E-state index contributed by atoms with van der Waals surface area (Å²) in [6.45, 7) is 7.24. The van der Waals surface area contributed by atoms with Gasteiger partial charge in [-0.2, -0.15) is 0 Å². The largest absolute Gasteiger partial charge is 0.377 e. The Balaban J connectivity index is 3.05. The normalized spacial score (nSPS) is 29.5. The minimum Gasteiger partial charge on any atom is -0.377 e. The van der Waals surface area contributed by atoms with Crippen LogP contribution in [-0.2, 0) is 5.21 Å². The third-order valence-corrected chi connectivity index (χ3v) is 2.82. The van der Waals surface area contributed by atoms with Crippen molar-refractivity contribution in [2.24, 2.45) is 0 Å². The van der Waals surface area contributed by atoms with Gasteiger partial charge in [0, 0.05) is 23.9 Å². The van der Waals surface area contributed by atoms with Gasteiger partial charge in [-0.25, -0.2) is 0 Å². The molecule has 0 aromatic carbocycles. The minimum absolute atomic E-state index is 0.323. The summed E-state index contributed by atoms with van der Waals surface area (Å²) in [5.74, 6) is 2.40. The summed E-state index contributed by atoms with van der Waals surface area (Å²) in [4.78, 5) is 0. The van der Waals surface area contributed by atoms with E-state index >= 15 is 0 Å². The Morgan fingerprint density at radius 2 is 1.57 bits per heavy atom. The molecule has 1 rings (SSSR count). The van der Waals surface area contributed by atoms with Crippen LogP contribution in [0, 0.1) is 12.3 Å². The smallest absolute Gasteiger partial charge is 0.128 e. The van der Waals surface area contributed by atoms with Crippen molar-refractivity contribution < 1.29 is 10.3 Å². The summed E-state index contributed by atoms with van der Waals surface area (Å²) in [6.07, 6.45) is 5.95. The molecule has 14 heavy (non-hydrogen) atoms. The highest BCUT2D eigenvalue weighted by Crippen LogP contribution is 2.41. The van der Waals surface area contributed by atoms with Crippen LogP contribution in [0.2, 0.25) is 0 Å². The molecule has 0 amide bonds. The molecule has 0 saturated carbocycles.